The van der Waals surface area contributed by atoms with Crippen LogP contribution in [0.1, 0.15) is 12.8 Å². The second-order valence-corrected chi connectivity index (χ2v) is 10.8. The molecule has 1 aliphatic rings. The third kappa shape index (κ3) is 4.87. The molecule has 1 fully saturated rings. The number of hydrogen-bond donors (Lipinski definition) is 1. The standard InChI is InChI=1S/C23H26F3N3O2S/c1-28(2)18-6-3-5-16(13-18)22-14-19-20(27-17-9-11-32(30,31)12-10-17)7-4-8-21(19)29(22)15-23(24,25)26/h3-8,13-14,17,27H,9-12,15H2,1-2H3. The first kappa shape index (κ1) is 22.5. The molecule has 0 amide bonds. The second-order valence-electron chi connectivity index (χ2n) is 8.48. The van der Waals surface area contributed by atoms with E-state index >= 15 is 0 Å². The Kier molecular flexibility index (Phi) is 5.87. The van der Waals surface area contributed by atoms with Gasteiger partial charge >= 0.3 is 6.18 Å². The maximum absolute atomic E-state index is 13.5. The first-order valence-electron chi connectivity index (χ1n) is 10.5. The van der Waals surface area contributed by atoms with Gasteiger partial charge in [0, 0.05) is 48.2 Å². The highest BCUT2D eigenvalue weighted by Gasteiger charge is 2.31. The van der Waals surface area contributed by atoms with E-state index in [2.05, 4.69) is 5.32 Å². The predicted molar refractivity (Wildman–Crippen MR) is 123 cm³/mol. The normalized spacial score (nSPS) is 16.9. The monoisotopic (exact) mass is 465 g/mol. The molecule has 1 aliphatic heterocycles. The van der Waals surface area contributed by atoms with Crippen LogP contribution in [0.2, 0.25) is 0 Å². The molecule has 0 aliphatic carbocycles. The van der Waals surface area contributed by atoms with Gasteiger partial charge in [-0.15, -0.1) is 0 Å². The van der Waals surface area contributed by atoms with Gasteiger partial charge in [-0.05, 0) is 43.2 Å². The lowest BCUT2D eigenvalue weighted by Gasteiger charge is -2.24. The summed E-state index contributed by atoms with van der Waals surface area (Å²) in [5, 5.41) is 4.07. The molecule has 0 bridgehead atoms. The number of nitrogens with one attached hydrogen (secondary N) is 1. The van der Waals surface area contributed by atoms with Gasteiger partial charge in [-0.1, -0.05) is 18.2 Å². The number of fused-ring (bicyclic) bond motifs is 1. The van der Waals surface area contributed by atoms with Crippen molar-refractivity contribution in [2.45, 2.75) is 31.6 Å². The Morgan fingerprint density at radius 3 is 2.41 bits per heavy atom. The smallest absolute Gasteiger partial charge is 0.382 e. The van der Waals surface area contributed by atoms with Crippen molar-refractivity contribution in [3.05, 3.63) is 48.5 Å². The Bertz CT molecular complexity index is 1220. The van der Waals surface area contributed by atoms with Gasteiger partial charge in [0.25, 0.3) is 0 Å². The van der Waals surface area contributed by atoms with E-state index < -0.39 is 22.6 Å². The first-order chi connectivity index (χ1) is 15.0. The van der Waals surface area contributed by atoms with Gasteiger partial charge < -0.3 is 14.8 Å². The van der Waals surface area contributed by atoms with E-state index in [9.17, 15) is 21.6 Å². The fourth-order valence-corrected chi connectivity index (χ4v) is 5.69. The van der Waals surface area contributed by atoms with Gasteiger partial charge in [0.15, 0.2) is 0 Å². The fourth-order valence-electron chi connectivity index (χ4n) is 4.20. The minimum absolute atomic E-state index is 0.0318. The lowest BCUT2D eigenvalue weighted by Crippen LogP contribution is -2.32. The van der Waals surface area contributed by atoms with Gasteiger partial charge in [-0.25, -0.2) is 8.42 Å². The van der Waals surface area contributed by atoms with Gasteiger partial charge in [-0.2, -0.15) is 13.2 Å². The molecule has 4 rings (SSSR count). The Balaban J connectivity index is 1.79. The number of benzene rings is 2. The third-order valence-corrected chi connectivity index (χ3v) is 7.57. The van der Waals surface area contributed by atoms with E-state index in [4.69, 9.17) is 0 Å². The number of rotatable bonds is 5. The topological polar surface area (TPSA) is 54.3 Å². The van der Waals surface area contributed by atoms with E-state index in [1.54, 1.807) is 18.2 Å². The Labute approximate surface area is 185 Å². The molecule has 172 valence electrons. The summed E-state index contributed by atoms with van der Waals surface area (Å²) < 4.78 is 65.3. The average molecular weight is 466 g/mol. The van der Waals surface area contributed by atoms with E-state index in [-0.39, 0.29) is 17.5 Å². The van der Waals surface area contributed by atoms with Crippen molar-refractivity contribution in [3.8, 4) is 11.3 Å². The molecule has 1 saturated heterocycles. The van der Waals surface area contributed by atoms with Gasteiger partial charge in [0.2, 0.25) is 0 Å². The molecule has 0 saturated carbocycles. The van der Waals surface area contributed by atoms with Crippen LogP contribution in [0, 0.1) is 0 Å². The highest BCUT2D eigenvalue weighted by molar-refractivity contribution is 7.91. The highest BCUT2D eigenvalue weighted by atomic mass is 32.2. The number of hydrogen-bond acceptors (Lipinski definition) is 4. The van der Waals surface area contributed by atoms with Gasteiger partial charge in [0.1, 0.15) is 16.4 Å². The molecular formula is C23H26F3N3O2S. The summed E-state index contributed by atoms with van der Waals surface area (Å²) in [5.74, 6) is 0.247. The molecule has 32 heavy (non-hydrogen) atoms. The SMILES string of the molecule is CN(C)c1cccc(-c2cc3c(NC4CCS(=O)(=O)CC4)cccc3n2CC(F)(F)F)c1. The quantitative estimate of drug-likeness (QED) is 0.581. The van der Waals surface area contributed by atoms with Crippen LogP contribution in [0.5, 0.6) is 0 Å². The average Bonchev–Trinajstić information content (AvgIpc) is 3.07. The summed E-state index contributed by atoms with van der Waals surface area (Å²) in [4.78, 5) is 1.91. The summed E-state index contributed by atoms with van der Waals surface area (Å²) in [5.41, 5.74) is 3.29. The van der Waals surface area contributed by atoms with Crippen molar-refractivity contribution in [1.29, 1.82) is 0 Å². The molecule has 5 nitrogen and oxygen atoms in total. The fraction of sp³-hybridized carbons (Fsp3) is 0.391. The molecule has 0 atom stereocenters. The van der Waals surface area contributed by atoms with E-state index in [1.165, 1.54) is 4.57 Å². The molecule has 0 unspecified atom stereocenters. The zero-order valence-electron chi connectivity index (χ0n) is 18.0. The van der Waals surface area contributed by atoms with Crippen LogP contribution in [0.25, 0.3) is 22.2 Å². The molecule has 9 heteroatoms. The van der Waals surface area contributed by atoms with Crippen LogP contribution in [-0.4, -0.2) is 50.8 Å². The highest BCUT2D eigenvalue weighted by Crippen LogP contribution is 2.36. The molecule has 1 N–H and O–H groups in total. The molecular weight excluding hydrogens is 439 g/mol. The number of halogens is 3. The summed E-state index contributed by atoms with van der Waals surface area (Å²) >= 11 is 0. The minimum atomic E-state index is -4.37. The second kappa shape index (κ2) is 8.35. The number of anilines is 2. The van der Waals surface area contributed by atoms with Crippen LogP contribution in [0.15, 0.2) is 48.5 Å². The molecule has 2 heterocycles. The van der Waals surface area contributed by atoms with Gasteiger partial charge in [-0.3, -0.25) is 0 Å². The summed E-state index contributed by atoms with van der Waals surface area (Å²) in [7, 11) is 0.778. The molecule has 1 aromatic heterocycles. The molecule has 3 aromatic rings. The van der Waals surface area contributed by atoms with Crippen molar-refractivity contribution < 1.29 is 21.6 Å². The summed E-state index contributed by atoms with van der Waals surface area (Å²) in [6, 6.07) is 14.4. The largest absolute Gasteiger partial charge is 0.406 e. The Morgan fingerprint density at radius 1 is 1.06 bits per heavy atom. The van der Waals surface area contributed by atoms with Crippen molar-refractivity contribution in [3.63, 3.8) is 0 Å². The van der Waals surface area contributed by atoms with E-state index in [0.717, 1.165) is 11.4 Å². The van der Waals surface area contributed by atoms with Crippen molar-refractivity contribution in [1.82, 2.24) is 4.57 Å². The van der Waals surface area contributed by atoms with Crippen molar-refractivity contribution in [2.75, 3.05) is 35.8 Å². The van der Waals surface area contributed by atoms with Crippen LogP contribution < -0.4 is 10.2 Å². The Hall–Kier alpha value is -2.68. The van der Waals surface area contributed by atoms with Crippen molar-refractivity contribution in [2.24, 2.45) is 0 Å². The van der Waals surface area contributed by atoms with Crippen LogP contribution >= 0.6 is 0 Å². The molecule has 0 radical (unpaired) electrons. The zero-order chi connectivity index (χ0) is 23.1. The minimum Gasteiger partial charge on any atom is -0.382 e. The van der Waals surface area contributed by atoms with E-state index in [1.807, 2.05) is 49.3 Å². The number of alkyl halides is 3. The molecule has 2 aromatic carbocycles. The summed E-state index contributed by atoms with van der Waals surface area (Å²) in [6.45, 7) is -1.09. The number of nitrogens with zero attached hydrogens (tertiary/aromatic N) is 2. The number of aromatic nitrogens is 1. The van der Waals surface area contributed by atoms with E-state index in [0.29, 0.717) is 35.0 Å². The lowest BCUT2D eigenvalue weighted by molar-refractivity contribution is -0.139. The van der Waals surface area contributed by atoms with Crippen LogP contribution in [0.4, 0.5) is 24.5 Å². The first-order valence-corrected chi connectivity index (χ1v) is 12.3. The lowest BCUT2D eigenvalue weighted by atomic mass is 10.1. The van der Waals surface area contributed by atoms with Crippen LogP contribution in [-0.2, 0) is 16.4 Å². The van der Waals surface area contributed by atoms with Gasteiger partial charge in [0.05, 0.1) is 17.0 Å². The van der Waals surface area contributed by atoms with Crippen molar-refractivity contribution >= 4 is 32.1 Å². The maximum Gasteiger partial charge on any atom is 0.406 e. The predicted octanol–water partition coefficient (Wildman–Crippen LogP) is 4.93. The maximum atomic E-state index is 13.5. The Morgan fingerprint density at radius 2 is 1.75 bits per heavy atom. The van der Waals surface area contributed by atoms with Crippen LogP contribution in [0.3, 0.4) is 0 Å². The number of sulfone groups is 1. The third-order valence-electron chi connectivity index (χ3n) is 5.86. The zero-order valence-corrected chi connectivity index (χ0v) is 18.8. The molecule has 0 spiro atoms. The summed E-state index contributed by atoms with van der Waals surface area (Å²) in [6.07, 6.45) is -3.40.